The molecule has 0 radical (unpaired) electrons. The molecular formula is C19H26KO8-. The van der Waals surface area contributed by atoms with Gasteiger partial charge in [0, 0.05) is 12.8 Å². The van der Waals surface area contributed by atoms with Crippen LogP contribution in [0.5, 0.6) is 5.75 Å². The Morgan fingerprint density at radius 1 is 1.29 bits per heavy atom. The standard InChI is InChI=1S/C16H17O8.C2H6.CH3.K/c1-9(18)12-4-10(7-22-8-17)2-3-13(12)23-15-6-11(19)5-14(24-15)16(20)21;1-2;;/h2-4,11,14-15,19H,5-7H2,1H3,(H,20,21);1-2H3;1H3;/q-1;;-1;+1. The van der Waals surface area contributed by atoms with Crippen LogP contribution in [0.2, 0.25) is 0 Å². The maximum atomic E-state index is 11.8. The normalized spacial score (nSPS) is 20.2. The van der Waals surface area contributed by atoms with E-state index < -0.39 is 24.5 Å². The van der Waals surface area contributed by atoms with Gasteiger partial charge in [-0.1, -0.05) is 26.4 Å². The zero-order valence-corrected chi connectivity index (χ0v) is 20.1. The largest absolute Gasteiger partial charge is 1.00 e. The van der Waals surface area contributed by atoms with Gasteiger partial charge in [-0.05, 0) is 24.6 Å². The summed E-state index contributed by atoms with van der Waals surface area (Å²) >= 11 is 0. The van der Waals surface area contributed by atoms with Crippen LogP contribution in [0.15, 0.2) is 18.2 Å². The van der Waals surface area contributed by atoms with Crippen molar-refractivity contribution in [3.05, 3.63) is 36.8 Å². The number of aliphatic carboxylic acids is 1. The molecule has 1 aliphatic heterocycles. The molecule has 0 bridgehead atoms. The van der Waals surface area contributed by atoms with Crippen LogP contribution >= 0.6 is 0 Å². The van der Waals surface area contributed by atoms with Gasteiger partial charge in [-0.25, -0.2) is 4.79 Å². The van der Waals surface area contributed by atoms with E-state index in [1.807, 2.05) is 13.8 Å². The molecule has 0 spiro atoms. The maximum absolute atomic E-state index is 11.8. The molecule has 2 rings (SSSR count). The third-order valence-electron chi connectivity index (χ3n) is 3.52. The van der Waals surface area contributed by atoms with Crippen molar-refractivity contribution >= 4 is 18.2 Å². The third kappa shape index (κ3) is 9.12. The van der Waals surface area contributed by atoms with Crippen molar-refractivity contribution in [1.29, 1.82) is 0 Å². The second kappa shape index (κ2) is 15.1. The van der Waals surface area contributed by atoms with Crippen molar-refractivity contribution < 1.29 is 90.2 Å². The molecule has 0 saturated carbocycles. The second-order valence-corrected chi connectivity index (χ2v) is 5.39. The fourth-order valence-corrected chi connectivity index (χ4v) is 2.39. The molecule has 3 atom stereocenters. The fourth-order valence-electron chi connectivity index (χ4n) is 2.39. The van der Waals surface area contributed by atoms with E-state index in [-0.39, 0.29) is 95.4 Å². The minimum atomic E-state index is -1.19. The fraction of sp³-hybridized carbons (Fsp3) is 0.474. The summed E-state index contributed by atoms with van der Waals surface area (Å²) in [5, 5.41) is 18.8. The van der Waals surface area contributed by atoms with E-state index in [2.05, 4.69) is 4.74 Å². The van der Waals surface area contributed by atoms with E-state index in [9.17, 15) is 19.5 Å². The minimum Gasteiger partial charge on any atom is -0.650 e. The summed E-state index contributed by atoms with van der Waals surface area (Å²) in [5.41, 5.74) is 0.807. The average molecular weight is 422 g/mol. The summed E-state index contributed by atoms with van der Waals surface area (Å²) in [7, 11) is 0. The monoisotopic (exact) mass is 421 g/mol. The third-order valence-corrected chi connectivity index (χ3v) is 3.52. The molecule has 152 valence electrons. The van der Waals surface area contributed by atoms with Gasteiger partial charge in [0.2, 0.25) is 6.29 Å². The topological polar surface area (TPSA) is 119 Å². The number of carbonyl (C=O) groups excluding carboxylic acids is 2. The first kappa shape index (κ1) is 29.4. The Bertz CT molecular complexity index is 634. The molecule has 3 unspecified atom stereocenters. The van der Waals surface area contributed by atoms with Gasteiger partial charge >= 0.3 is 57.4 Å². The van der Waals surface area contributed by atoms with Crippen LogP contribution in [0.25, 0.3) is 0 Å². The number of rotatable bonds is 7. The summed E-state index contributed by atoms with van der Waals surface area (Å²) in [6, 6.07) is 4.59. The van der Waals surface area contributed by atoms with Crippen molar-refractivity contribution in [2.45, 2.75) is 58.7 Å². The van der Waals surface area contributed by atoms with Gasteiger partial charge in [-0.2, -0.15) is 0 Å². The number of hydrogen-bond acceptors (Lipinski definition) is 7. The van der Waals surface area contributed by atoms with Crippen LogP contribution in [0.1, 0.15) is 49.5 Å². The van der Waals surface area contributed by atoms with E-state index in [4.69, 9.17) is 14.6 Å². The first-order valence-corrected chi connectivity index (χ1v) is 8.26. The van der Waals surface area contributed by atoms with Crippen molar-refractivity contribution in [3.8, 4) is 5.75 Å². The number of carboxylic acids is 1. The van der Waals surface area contributed by atoms with Crippen molar-refractivity contribution in [2.24, 2.45) is 0 Å². The van der Waals surface area contributed by atoms with Crippen molar-refractivity contribution in [3.63, 3.8) is 0 Å². The Kier molecular flexibility index (Phi) is 15.8. The predicted octanol–water partition coefficient (Wildman–Crippen LogP) is -0.717. The molecule has 9 heteroatoms. The van der Waals surface area contributed by atoms with E-state index in [0.29, 0.717) is 5.56 Å². The van der Waals surface area contributed by atoms with Crippen LogP contribution in [0.4, 0.5) is 0 Å². The number of carbonyl (C=O) groups is 2. The Labute approximate surface area is 208 Å². The van der Waals surface area contributed by atoms with Crippen LogP contribution < -0.4 is 56.1 Å². The van der Waals surface area contributed by atoms with Gasteiger partial charge in [0.25, 0.3) is 0 Å². The Morgan fingerprint density at radius 3 is 2.46 bits per heavy atom. The van der Waals surface area contributed by atoms with Crippen LogP contribution in [-0.2, 0) is 25.7 Å². The molecule has 1 aliphatic rings. The average Bonchev–Trinajstić information content (AvgIpc) is 2.61. The molecule has 1 heterocycles. The number of aliphatic hydroxyl groups excluding tert-OH is 1. The van der Waals surface area contributed by atoms with Crippen LogP contribution in [0.3, 0.4) is 0 Å². The zero-order valence-electron chi connectivity index (χ0n) is 16.9. The smallest absolute Gasteiger partial charge is 0.650 e. The van der Waals surface area contributed by atoms with Gasteiger partial charge in [0.1, 0.15) is 5.75 Å². The quantitative estimate of drug-likeness (QED) is 0.336. The van der Waals surface area contributed by atoms with Crippen LogP contribution in [-0.4, -0.2) is 46.9 Å². The minimum absolute atomic E-state index is 0. The SMILES string of the molecule is CC.CC(=O)c1cc(CO[C-]=O)ccc1OC1CC(O)CC(C(=O)O)O1.[CH3-].[K+]. The number of ether oxygens (including phenoxy) is 3. The van der Waals surface area contributed by atoms with Gasteiger partial charge in [0.05, 0.1) is 18.3 Å². The van der Waals surface area contributed by atoms with Crippen LogP contribution in [0, 0.1) is 7.43 Å². The predicted molar refractivity (Wildman–Crippen MR) is 96.9 cm³/mol. The molecule has 1 saturated heterocycles. The molecule has 0 aliphatic carbocycles. The number of carboxylic acid groups (broad SMARTS) is 1. The number of benzene rings is 1. The summed E-state index contributed by atoms with van der Waals surface area (Å²) in [6.45, 7) is 6.60. The van der Waals surface area contributed by atoms with Crippen molar-refractivity contribution in [1.82, 2.24) is 0 Å². The zero-order chi connectivity index (χ0) is 19.7. The first-order valence-electron chi connectivity index (χ1n) is 8.26. The molecule has 0 amide bonds. The molecule has 8 nitrogen and oxygen atoms in total. The summed E-state index contributed by atoms with van der Waals surface area (Å²) < 4.78 is 15.4. The molecule has 0 aromatic heterocycles. The summed E-state index contributed by atoms with van der Waals surface area (Å²) in [4.78, 5) is 32.9. The molecule has 1 aromatic rings. The number of aliphatic hydroxyl groups is 1. The van der Waals surface area contributed by atoms with Gasteiger partial charge in [-0.3, -0.25) is 4.79 Å². The van der Waals surface area contributed by atoms with Gasteiger partial charge < -0.3 is 36.6 Å². The van der Waals surface area contributed by atoms with Gasteiger partial charge in [-0.15, -0.1) is 0 Å². The van der Waals surface area contributed by atoms with E-state index in [0.717, 1.165) is 0 Å². The molecular weight excluding hydrogens is 395 g/mol. The number of hydrogen-bond donors (Lipinski definition) is 2. The van der Waals surface area contributed by atoms with Crippen molar-refractivity contribution in [2.75, 3.05) is 0 Å². The van der Waals surface area contributed by atoms with Gasteiger partial charge in [0.15, 0.2) is 11.9 Å². The Morgan fingerprint density at radius 2 is 1.93 bits per heavy atom. The summed E-state index contributed by atoms with van der Waals surface area (Å²) in [6.07, 6.45) is -2.96. The van der Waals surface area contributed by atoms with E-state index in [1.165, 1.54) is 25.5 Å². The van der Waals surface area contributed by atoms with E-state index >= 15 is 0 Å². The molecule has 28 heavy (non-hydrogen) atoms. The summed E-state index contributed by atoms with van der Waals surface area (Å²) in [5.74, 6) is -1.27. The first-order chi connectivity index (χ1) is 12.4. The maximum Gasteiger partial charge on any atom is 1.00 e. The Hall–Kier alpha value is -0.814. The molecule has 2 N–H and O–H groups in total. The van der Waals surface area contributed by atoms with E-state index in [1.54, 1.807) is 6.07 Å². The molecule has 1 aromatic carbocycles. The number of Topliss-reactive ketones (excluding diaryl/α,β-unsaturated/α-hetero) is 1. The Balaban J connectivity index is 0. The number of ketones is 1. The second-order valence-electron chi connectivity index (χ2n) is 5.39. The molecule has 1 fully saturated rings.